The standard InChI is InChI=1S/C17H23F3N2O2/c1-22(10-11-23)13-8-6-12(7-9-13)21-16(24)14-4-2-3-5-15(14)17(18,19)20/h6-9,14-15,23H,2-5,10-11H2,1H3,(H,21,24). The fourth-order valence-electron chi connectivity index (χ4n) is 3.15. The number of hydrogen-bond acceptors (Lipinski definition) is 3. The van der Waals surface area contributed by atoms with Gasteiger partial charge in [0.2, 0.25) is 5.91 Å². The van der Waals surface area contributed by atoms with E-state index >= 15 is 0 Å². The molecule has 0 aliphatic heterocycles. The number of nitrogens with one attached hydrogen (secondary N) is 1. The van der Waals surface area contributed by atoms with Crippen molar-refractivity contribution < 1.29 is 23.1 Å². The fraction of sp³-hybridized carbons (Fsp3) is 0.588. The molecule has 0 radical (unpaired) electrons. The number of hydrogen-bond donors (Lipinski definition) is 2. The SMILES string of the molecule is CN(CCO)c1ccc(NC(=O)C2CCCCC2C(F)(F)F)cc1. The van der Waals surface area contributed by atoms with E-state index in [9.17, 15) is 18.0 Å². The zero-order chi connectivity index (χ0) is 17.7. The summed E-state index contributed by atoms with van der Waals surface area (Å²) in [4.78, 5) is 14.1. The van der Waals surface area contributed by atoms with Gasteiger partial charge in [-0.1, -0.05) is 12.8 Å². The number of anilines is 2. The summed E-state index contributed by atoms with van der Waals surface area (Å²) < 4.78 is 39.3. The molecular formula is C17H23F3N2O2. The Labute approximate surface area is 139 Å². The van der Waals surface area contributed by atoms with Crippen molar-refractivity contribution in [3.63, 3.8) is 0 Å². The predicted molar refractivity (Wildman–Crippen MR) is 86.9 cm³/mol. The Kier molecular flexibility index (Phi) is 6.10. The number of halogens is 3. The van der Waals surface area contributed by atoms with Crippen LogP contribution in [0.15, 0.2) is 24.3 Å². The van der Waals surface area contributed by atoms with Gasteiger partial charge in [-0.25, -0.2) is 0 Å². The van der Waals surface area contributed by atoms with Crippen LogP contribution in [0.1, 0.15) is 25.7 Å². The summed E-state index contributed by atoms with van der Waals surface area (Å²) in [7, 11) is 1.82. The second-order valence-corrected chi connectivity index (χ2v) is 6.22. The van der Waals surface area contributed by atoms with Crippen molar-refractivity contribution in [1.82, 2.24) is 0 Å². The van der Waals surface area contributed by atoms with Crippen molar-refractivity contribution in [2.45, 2.75) is 31.9 Å². The number of alkyl halides is 3. The van der Waals surface area contributed by atoms with Crippen LogP contribution in [-0.4, -0.2) is 37.4 Å². The molecule has 2 N–H and O–H groups in total. The maximum Gasteiger partial charge on any atom is 0.392 e. The molecule has 0 bridgehead atoms. The van der Waals surface area contributed by atoms with Gasteiger partial charge in [0.15, 0.2) is 0 Å². The highest BCUT2D eigenvalue weighted by Gasteiger charge is 2.48. The number of nitrogens with zero attached hydrogens (tertiary/aromatic N) is 1. The van der Waals surface area contributed by atoms with Crippen LogP contribution in [-0.2, 0) is 4.79 Å². The van der Waals surface area contributed by atoms with Gasteiger partial charge in [0.05, 0.1) is 12.5 Å². The molecule has 7 heteroatoms. The Morgan fingerprint density at radius 3 is 2.46 bits per heavy atom. The summed E-state index contributed by atoms with van der Waals surface area (Å²) in [5, 5.41) is 11.5. The van der Waals surface area contributed by atoms with Crippen LogP contribution in [0.4, 0.5) is 24.5 Å². The number of aliphatic hydroxyl groups excluding tert-OH is 1. The summed E-state index contributed by atoms with van der Waals surface area (Å²) in [6.07, 6.45) is -2.88. The molecule has 1 aliphatic carbocycles. The van der Waals surface area contributed by atoms with E-state index in [-0.39, 0.29) is 19.4 Å². The van der Waals surface area contributed by atoms with E-state index in [0.717, 1.165) is 5.69 Å². The zero-order valence-electron chi connectivity index (χ0n) is 13.6. The molecule has 1 fully saturated rings. The Hall–Kier alpha value is -1.76. The molecule has 134 valence electrons. The molecule has 1 aromatic rings. The third-order valence-electron chi connectivity index (χ3n) is 4.53. The van der Waals surface area contributed by atoms with Crippen molar-refractivity contribution >= 4 is 17.3 Å². The normalized spacial score (nSPS) is 21.4. The minimum atomic E-state index is -4.33. The van der Waals surface area contributed by atoms with Crippen LogP contribution in [0.2, 0.25) is 0 Å². The highest BCUT2D eigenvalue weighted by molar-refractivity contribution is 5.93. The molecule has 4 nitrogen and oxygen atoms in total. The van der Waals surface area contributed by atoms with E-state index in [2.05, 4.69) is 5.32 Å². The monoisotopic (exact) mass is 344 g/mol. The minimum Gasteiger partial charge on any atom is -0.395 e. The van der Waals surface area contributed by atoms with E-state index in [1.807, 2.05) is 11.9 Å². The molecule has 0 aromatic heterocycles. The highest BCUT2D eigenvalue weighted by atomic mass is 19.4. The first-order chi connectivity index (χ1) is 11.3. The largest absolute Gasteiger partial charge is 0.395 e. The third-order valence-corrected chi connectivity index (χ3v) is 4.53. The Morgan fingerprint density at radius 2 is 1.88 bits per heavy atom. The number of rotatable bonds is 5. The van der Waals surface area contributed by atoms with Gasteiger partial charge in [0, 0.05) is 30.9 Å². The van der Waals surface area contributed by atoms with E-state index in [1.165, 1.54) is 0 Å². The molecule has 2 unspecified atom stereocenters. The maximum atomic E-state index is 13.1. The van der Waals surface area contributed by atoms with Crippen LogP contribution >= 0.6 is 0 Å². The number of amides is 1. The second kappa shape index (κ2) is 7.88. The van der Waals surface area contributed by atoms with Crippen LogP contribution < -0.4 is 10.2 Å². The molecule has 1 saturated carbocycles. The molecule has 24 heavy (non-hydrogen) atoms. The quantitative estimate of drug-likeness (QED) is 0.860. The lowest BCUT2D eigenvalue weighted by Gasteiger charge is -2.32. The van der Waals surface area contributed by atoms with Gasteiger partial charge in [-0.05, 0) is 37.1 Å². The molecule has 1 aromatic carbocycles. The fourth-order valence-corrected chi connectivity index (χ4v) is 3.15. The molecular weight excluding hydrogens is 321 g/mol. The van der Waals surface area contributed by atoms with Gasteiger partial charge in [0.25, 0.3) is 0 Å². The lowest BCUT2D eigenvalue weighted by atomic mass is 9.78. The lowest BCUT2D eigenvalue weighted by molar-refractivity contribution is -0.197. The number of carbonyl (C=O) groups excluding carboxylic acids is 1. The molecule has 1 amide bonds. The van der Waals surface area contributed by atoms with Crippen molar-refractivity contribution in [2.24, 2.45) is 11.8 Å². The summed E-state index contributed by atoms with van der Waals surface area (Å²) >= 11 is 0. The van der Waals surface area contributed by atoms with E-state index < -0.39 is 23.9 Å². The molecule has 0 spiro atoms. The summed E-state index contributed by atoms with van der Waals surface area (Å²) in [5.41, 5.74) is 1.33. The topological polar surface area (TPSA) is 52.6 Å². The number of likely N-dealkylation sites (N-methyl/N-ethyl adjacent to an activating group) is 1. The number of benzene rings is 1. The third kappa shape index (κ3) is 4.63. The van der Waals surface area contributed by atoms with E-state index in [0.29, 0.717) is 25.1 Å². The average Bonchev–Trinajstić information content (AvgIpc) is 2.55. The first-order valence-corrected chi connectivity index (χ1v) is 8.12. The zero-order valence-corrected chi connectivity index (χ0v) is 13.6. The lowest BCUT2D eigenvalue weighted by Crippen LogP contribution is -2.39. The first-order valence-electron chi connectivity index (χ1n) is 8.12. The first kappa shape index (κ1) is 18.6. The van der Waals surface area contributed by atoms with Crippen molar-refractivity contribution in [2.75, 3.05) is 30.4 Å². The smallest absolute Gasteiger partial charge is 0.392 e. The highest BCUT2D eigenvalue weighted by Crippen LogP contribution is 2.41. The molecule has 0 saturated heterocycles. The summed E-state index contributed by atoms with van der Waals surface area (Å²) in [6.45, 7) is 0.497. The van der Waals surface area contributed by atoms with Crippen LogP contribution in [0.5, 0.6) is 0 Å². The van der Waals surface area contributed by atoms with E-state index in [1.54, 1.807) is 24.3 Å². The van der Waals surface area contributed by atoms with Crippen LogP contribution in [0, 0.1) is 11.8 Å². The Morgan fingerprint density at radius 1 is 1.25 bits per heavy atom. The molecule has 2 atom stereocenters. The van der Waals surface area contributed by atoms with Gasteiger partial charge in [-0.3, -0.25) is 4.79 Å². The van der Waals surface area contributed by atoms with Crippen LogP contribution in [0.25, 0.3) is 0 Å². The predicted octanol–water partition coefficient (Wildman–Crippen LogP) is 3.42. The molecule has 0 heterocycles. The molecule has 2 rings (SSSR count). The van der Waals surface area contributed by atoms with Crippen molar-refractivity contribution in [3.8, 4) is 0 Å². The van der Waals surface area contributed by atoms with Gasteiger partial charge in [0.1, 0.15) is 0 Å². The Bertz CT molecular complexity index is 546. The Balaban J connectivity index is 2.03. The maximum absolute atomic E-state index is 13.1. The number of carbonyl (C=O) groups is 1. The minimum absolute atomic E-state index is 0.0203. The summed E-state index contributed by atoms with van der Waals surface area (Å²) in [5.74, 6) is -3.13. The summed E-state index contributed by atoms with van der Waals surface area (Å²) in [6, 6.07) is 6.83. The van der Waals surface area contributed by atoms with Gasteiger partial charge in [-0.2, -0.15) is 13.2 Å². The van der Waals surface area contributed by atoms with Crippen molar-refractivity contribution in [1.29, 1.82) is 0 Å². The van der Waals surface area contributed by atoms with Gasteiger partial charge < -0.3 is 15.3 Å². The van der Waals surface area contributed by atoms with Gasteiger partial charge >= 0.3 is 6.18 Å². The molecule has 1 aliphatic rings. The average molecular weight is 344 g/mol. The van der Waals surface area contributed by atoms with E-state index in [4.69, 9.17) is 5.11 Å². The number of aliphatic hydroxyl groups is 1. The second-order valence-electron chi connectivity index (χ2n) is 6.22. The van der Waals surface area contributed by atoms with Crippen molar-refractivity contribution in [3.05, 3.63) is 24.3 Å². The van der Waals surface area contributed by atoms with Crippen LogP contribution in [0.3, 0.4) is 0 Å². The van der Waals surface area contributed by atoms with Gasteiger partial charge in [-0.15, -0.1) is 0 Å².